The molecule has 0 saturated carbocycles. The van der Waals surface area contributed by atoms with E-state index in [1.165, 1.54) is 0 Å². The molecule has 2 aromatic carbocycles. The monoisotopic (exact) mass is 411 g/mol. The highest BCUT2D eigenvalue weighted by Gasteiger charge is 2.15. The van der Waals surface area contributed by atoms with Crippen LogP contribution in [0.3, 0.4) is 0 Å². The molecule has 2 rings (SSSR count). The molecule has 3 nitrogen and oxygen atoms in total. The van der Waals surface area contributed by atoms with Crippen molar-refractivity contribution in [3.63, 3.8) is 0 Å². The van der Waals surface area contributed by atoms with Crippen LogP contribution in [-0.2, 0) is 0 Å². The zero-order valence-corrected chi connectivity index (χ0v) is 15.1. The Hall–Kier alpha value is -1.33. The molecular formula is C16H15Br2NO2. The van der Waals surface area contributed by atoms with Crippen molar-refractivity contribution in [2.24, 2.45) is 0 Å². The lowest BCUT2D eigenvalue weighted by Gasteiger charge is -2.14. The average Bonchev–Trinajstić information content (AvgIpc) is 2.42. The summed E-state index contributed by atoms with van der Waals surface area (Å²) < 4.78 is 7.13. The Morgan fingerprint density at radius 2 is 1.67 bits per heavy atom. The second-order valence-corrected chi connectivity index (χ2v) is 6.54. The van der Waals surface area contributed by atoms with Gasteiger partial charge >= 0.3 is 0 Å². The summed E-state index contributed by atoms with van der Waals surface area (Å²) in [5.41, 5.74) is 3.34. The van der Waals surface area contributed by atoms with E-state index in [-0.39, 0.29) is 5.91 Å². The van der Waals surface area contributed by atoms with Crippen LogP contribution >= 0.6 is 31.9 Å². The van der Waals surface area contributed by atoms with E-state index in [2.05, 4.69) is 37.2 Å². The lowest BCUT2D eigenvalue weighted by molar-refractivity contribution is 0.102. The van der Waals surface area contributed by atoms with Gasteiger partial charge in [0.05, 0.1) is 12.7 Å². The molecule has 0 aliphatic rings. The van der Waals surface area contributed by atoms with Crippen LogP contribution in [0.4, 0.5) is 5.69 Å². The number of amides is 1. The van der Waals surface area contributed by atoms with Crippen molar-refractivity contribution in [2.45, 2.75) is 13.8 Å². The van der Waals surface area contributed by atoms with Gasteiger partial charge in [-0.2, -0.15) is 0 Å². The molecule has 21 heavy (non-hydrogen) atoms. The van der Waals surface area contributed by atoms with Gasteiger partial charge in [0.15, 0.2) is 0 Å². The Balaban J connectivity index is 2.35. The van der Waals surface area contributed by atoms with Crippen molar-refractivity contribution in [2.75, 3.05) is 12.4 Å². The normalized spacial score (nSPS) is 10.3. The third-order valence-electron chi connectivity index (χ3n) is 3.14. The zero-order valence-electron chi connectivity index (χ0n) is 12.0. The van der Waals surface area contributed by atoms with E-state index in [4.69, 9.17) is 4.74 Å². The first kappa shape index (κ1) is 16.0. The maximum Gasteiger partial charge on any atom is 0.259 e. The minimum atomic E-state index is -0.187. The molecule has 0 saturated heterocycles. The summed E-state index contributed by atoms with van der Waals surface area (Å²) in [6.07, 6.45) is 0. The van der Waals surface area contributed by atoms with E-state index in [0.717, 1.165) is 25.8 Å². The molecule has 0 radical (unpaired) electrons. The molecule has 0 aromatic heterocycles. The molecule has 1 N–H and O–H groups in total. The van der Waals surface area contributed by atoms with Gasteiger partial charge in [0.2, 0.25) is 0 Å². The molecule has 5 heteroatoms. The average molecular weight is 413 g/mol. The van der Waals surface area contributed by atoms with Crippen molar-refractivity contribution in [1.82, 2.24) is 0 Å². The second kappa shape index (κ2) is 6.62. The van der Waals surface area contributed by atoms with E-state index in [1.807, 2.05) is 32.0 Å². The van der Waals surface area contributed by atoms with E-state index in [9.17, 15) is 4.79 Å². The van der Waals surface area contributed by atoms with Gasteiger partial charge in [-0.25, -0.2) is 0 Å². The van der Waals surface area contributed by atoms with Crippen molar-refractivity contribution >= 4 is 43.5 Å². The van der Waals surface area contributed by atoms with E-state index in [0.29, 0.717) is 11.3 Å². The first-order valence-electron chi connectivity index (χ1n) is 6.34. The van der Waals surface area contributed by atoms with Gasteiger partial charge in [0, 0.05) is 14.6 Å². The minimum absolute atomic E-state index is 0.187. The van der Waals surface area contributed by atoms with Gasteiger partial charge < -0.3 is 10.1 Å². The lowest BCUT2D eigenvalue weighted by atomic mass is 10.1. The molecule has 0 unspecified atom stereocenters. The topological polar surface area (TPSA) is 38.3 Å². The van der Waals surface area contributed by atoms with Crippen LogP contribution in [0.15, 0.2) is 39.3 Å². The van der Waals surface area contributed by atoms with Crippen molar-refractivity contribution < 1.29 is 9.53 Å². The number of aryl methyl sites for hydroxylation is 2. The summed E-state index contributed by atoms with van der Waals surface area (Å²) in [6.45, 7) is 3.93. The Labute approximate surface area is 141 Å². The number of hydrogen-bond acceptors (Lipinski definition) is 2. The van der Waals surface area contributed by atoms with Gasteiger partial charge in [-0.15, -0.1) is 0 Å². The first-order valence-corrected chi connectivity index (χ1v) is 7.92. The molecule has 0 bridgehead atoms. The molecular weight excluding hydrogens is 398 g/mol. The van der Waals surface area contributed by atoms with Crippen molar-refractivity contribution in [3.05, 3.63) is 56.0 Å². The van der Waals surface area contributed by atoms with Gasteiger partial charge in [-0.3, -0.25) is 4.79 Å². The maximum absolute atomic E-state index is 12.5. The van der Waals surface area contributed by atoms with E-state index in [1.54, 1.807) is 19.2 Å². The first-order chi connectivity index (χ1) is 9.92. The number of nitrogens with one attached hydrogen (secondary N) is 1. The summed E-state index contributed by atoms with van der Waals surface area (Å²) in [5, 5.41) is 2.96. The predicted molar refractivity (Wildman–Crippen MR) is 92.3 cm³/mol. The van der Waals surface area contributed by atoms with Crippen LogP contribution in [0.1, 0.15) is 21.5 Å². The lowest BCUT2D eigenvalue weighted by Crippen LogP contribution is -2.15. The Bertz CT molecular complexity index is 676. The number of benzene rings is 2. The van der Waals surface area contributed by atoms with Crippen LogP contribution < -0.4 is 10.1 Å². The number of halogens is 2. The van der Waals surface area contributed by atoms with Crippen LogP contribution in [0.2, 0.25) is 0 Å². The fraction of sp³-hybridized carbons (Fsp3) is 0.188. The quantitative estimate of drug-likeness (QED) is 0.762. The fourth-order valence-electron chi connectivity index (χ4n) is 2.14. The summed E-state index contributed by atoms with van der Waals surface area (Å²) in [6, 6.07) is 9.28. The molecule has 110 valence electrons. The minimum Gasteiger partial charge on any atom is -0.496 e. The number of carbonyl (C=O) groups excluding carboxylic acids is 1. The van der Waals surface area contributed by atoms with Crippen LogP contribution in [0, 0.1) is 13.8 Å². The van der Waals surface area contributed by atoms with Gasteiger partial charge in [0.1, 0.15) is 5.75 Å². The third kappa shape index (κ3) is 3.66. The molecule has 2 aromatic rings. The summed E-state index contributed by atoms with van der Waals surface area (Å²) in [4.78, 5) is 12.5. The van der Waals surface area contributed by atoms with Gasteiger partial charge in [-0.05, 0) is 55.3 Å². The molecule has 0 heterocycles. The molecule has 0 fully saturated rings. The van der Waals surface area contributed by atoms with E-state index < -0.39 is 0 Å². The van der Waals surface area contributed by atoms with Crippen LogP contribution in [0.5, 0.6) is 5.75 Å². The Kier molecular flexibility index (Phi) is 5.06. The second-order valence-electron chi connectivity index (χ2n) is 4.71. The van der Waals surface area contributed by atoms with E-state index >= 15 is 0 Å². The summed E-state index contributed by atoms with van der Waals surface area (Å²) in [7, 11) is 1.55. The highest BCUT2D eigenvalue weighted by molar-refractivity contribution is 9.10. The number of methoxy groups -OCH3 is 1. The van der Waals surface area contributed by atoms with Gasteiger partial charge in [-0.1, -0.05) is 31.9 Å². The van der Waals surface area contributed by atoms with Gasteiger partial charge in [0.25, 0.3) is 5.91 Å². The molecule has 0 spiro atoms. The molecule has 0 atom stereocenters. The number of anilines is 1. The Morgan fingerprint density at radius 1 is 1.05 bits per heavy atom. The van der Waals surface area contributed by atoms with Crippen LogP contribution in [-0.4, -0.2) is 13.0 Å². The van der Waals surface area contributed by atoms with Crippen LogP contribution in [0.25, 0.3) is 0 Å². The Morgan fingerprint density at radius 3 is 2.24 bits per heavy atom. The summed E-state index contributed by atoms with van der Waals surface area (Å²) >= 11 is 6.82. The number of hydrogen-bond donors (Lipinski definition) is 1. The number of carbonyl (C=O) groups is 1. The predicted octanol–water partition coefficient (Wildman–Crippen LogP) is 5.09. The number of rotatable bonds is 3. The zero-order chi connectivity index (χ0) is 15.6. The molecule has 0 aliphatic carbocycles. The SMILES string of the molecule is COc1cc(Br)ccc1C(=O)Nc1c(C)cc(Br)cc1C. The highest BCUT2D eigenvalue weighted by atomic mass is 79.9. The van der Waals surface area contributed by atoms with Crippen molar-refractivity contribution in [3.8, 4) is 5.75 Å². The molecule has 1 amide bonds. The largest absolute Gasteiger partial charge is 0.496 e. The van der Waals surface area contributed by atoms with Crippen molar-refractivity contribution in [1.29, 1.82) is 0 Å². The smallest absolute Gasteiger partial charge is 0.259 e. The standard InChI is InChI=1S/C16H15Br2NO2/c1-9-6-12(18)7-10(2)15(9)19-16(20)13-5-4-11(17)8-14(13)21-3/h4-8H,1-3H3,(H,19,20). The fourth-order valence-corrected chi connectivity index (χ4v) is 3.17. The molecule has 0 aliphatic heterocycles. The summed E-state index contributed by atoms with van der Waals surface area (Å²) in [5.74, 6) is 0.349. The number of ether oxygens (including phenoxy) is 1. The maximum atomic E-state index is 12.5. The third-order valence-corrected chi connectivity index (χ3v) is 4.10. The highest BCUT2D eigenvalue weighted by Crippen LogP contribution is 2.28.